The highest BCUT2D eigenvalue weighted by molar-refractivity contribution is 5.93. The van der Waals surface area contributed by atoms with E-state index in [0.29, 0.717) is 49.7 Å². The number of carbonyl (C=O) groups is 1. The summed E-state index contributed by atoms with van der Waals surface area (Å²) in [4.78, 5) is 29.6. The number of hydrogen-bond acceptors (Lipinski definition) is 6. The van der Waals surface area contributed by atoms with Crippen molar-refractivity contribution in [2.75, 3.05) is 26.2 Å². The average molecular weight is 533 g/mol. The number of hydrogen-bond donors (Lipinski definition) is 0. The van der Waals surface area contributed by atoms with E-state index in [2.05, 4.69) is 10.00 Å². The van der Waals surface area contributed by atoms with Crippen molar-refractivity contribution in [3.8, 4) is 5.75 Å². The molecule has 1 aliphatic heterocycles. The second-order valence-electron chi connectivity index (χ2n) is 10.4. The summed E-state index contributed by atoms with van der Waals surface area (Å²) in [5, 5.41) is 4.49. The molecule has 3 heterocycles. The maximum absolute atomic E-state index is 13.2. The predicted octanol–water partition coefficient (Wildman–Crippen LogP) is 4.46. The smallest absolute Gasteiger partial charge is 0.416 e. The van der Waals surface area contributed by atoms with Gasteiger partial charge in [-0.25, -0.2) is 0 Å². The van der Waals surface area contributed by atoms with Gasteiger partial charge in [0, 0.05) is 32.2 Å². The van der Waals surface area contributed by atoms with E-state index in [1.54, 1.807) is 4.68 Å². The van der Waals surface area contributed by atoms with Crippen LogP contribution in [0.3, 0.4) is 0 Å². The van der Waals surface area contributed by atoms with Crippen LogP contribution >= 0.6 is 0 Å². The summed E-state index contributed by atoms with van der Waals surface area (Å²) in [5.41, 5.74) is 0.422. The van der Waals surface area contributed by atoms with Crippen LogP contribution in [0.4, 0.5) is 13.2 Å². The Morgan fingerprint density at radius 3 is 2.29 bits per heavy atom. The Morgan fingerprint density at radius 2 is 1.71 bits per heavy atom. The number of ether oxygens (including phenoxy) is 1. The molecule has 0 spiro atoms. The number of aryl methyl sites for hydroxylation is 1. The normalized spacial score (nSPS) is 15.1. The average Bonchev–Trinajstić information content (AvgIpc) is 3.26. The summed E-state index contributed by atoms with van der Waals surface area (Å²) in [6.07, 6.45) is -3.19. The minimum absolute atomic E-state index is 0.0187. The molecule has 0 saturated carbocycles. The van der Waals surface area contributed by atoms with Crippen LogP contribution in [0.25, 0.3) is 0 Å². The van der Waals surface area contributed by atoms with Crippen LogP contribution in [-0.2, 0) is 24.9 Å². The summed E-state index contributed by atoms with van der Waals surface area (Å²) >= 11 is 0. The third kappa shape index (κ3) is 6.45. The van der Waals surface area contributed by atoms with Gasteiger partial charge in [0.1, 0.15) is 24.3 Å². The SMILES string of the molecule is Cc1cc(C(=O)N2CCN(Cc3cc(=O)c(OCc4ccc(C(F)(F)F)cc4)co3)CC2)n(C(C)(C)C)n1. The molecule has 1 aromatic carbocycles. The van der Waals surface area contributed by atoms with Crippen molar-refractivity contribution in [1.29, 1.82) is 0 Å². The maximum atomic E-state index is 13.2. The summed E-state index contributed by atoms with van der Waals surface area (Å²) in [6, 6.07) is 7.72. The lowest BCUT2D eigenvalue weighted by molar-refractivity contribution is -0.137. The molecular formula is C27H31F3N4O4. The summed E-state index contributed by atoms with van der Waals surface area (Å²) < 4.78 is 50.9. The van der Waals surface area contributed by atoms with Crippen molar-refractivity contribution in [1.82, 2.24) is 19.6 Å². The van der Waals surface area contributed by atoms with Crippen molar-refractivity contribution in [2.24, 2.45) is 0 Å². The molecule has 8 nitrogen and oxygen atoms in total. The highest BCUT2D eigenvalue weighted by Gasteiger charge is 2.30. The third-order valence-corrected chi connectivity index (χ3v) is 6.25. The number of nitrogens with zero attached hydrogens (tertiary/aromatic N) is 4. The first-order chi connectivity index (χ1) is 17.8. The molecule has 0 aliphatic carbocycles. The molecule has 1 saturated heterocycles. The molecular weight excluding hydrogens is 501 g/mol. The first-order valence-corrected chi connectivity index (χ1v) is 12.3. The molecule has 0 radical (unpaired) electrons. The minimum Gasteiger partial charge on any atom is -0.482 e. The van der Waals surface area contributed by atoms with E-state index in [1.807, 2.05) is 38.7 Å². The lowest BCUT2D eigenvalue weighted by atomic mass is 10.1. The zero-order valence-electron chi connectivity index (χ0n) is 21.8. The second-order valence-corrected chi connectivity index (χ2v) is 10.4. The maximum Gasteiger partial charge on any atom is 0.416 e. The quantitative estimate of drug-likeness (QED) is 0.467. The first kappa shape index (κ1) is 27.4. The van der Waals surface area contributed by atoms with Crippen molar-refractivity contribution in [3.63, 3.8) is 0 Å². The van der Waals surface area contributed by atoms with Crippen LogP contribution in [0.2, 0.25) is 0 Å². The van der Waals surface area contributed by atoms with Gasteiger partial charge in [-0.1, -0.05) is 12.1 Å². The Hall–Kier alpha value is -3.60. The Bertz CT molecular complexity index is 1330. The zero-order chi connectivity index (χ0) is 27.7. The number of piperazine rings is 1. The van der Waals surface area contributed by atoms with E-state index in [4.69, 9.17) is 9.15 Å². The lowest BCUT2D eigenvalue weighted by Gasteiger charge is -2.35. The Kier molecular flexibility index (Phi) is 7.68. The van der Waals surface area contributed by atoms with Crippen molar-refractivity contribution in [2.45, 2.75) is 52.6 Å². The van der Waals surface area contributed by atoms with Gasteiger partial charge in [-0.2, -0.15) is 18.3 Å². The fraction of sp³-hybridized carbons (Fsp3) is 0.444. The van der Waals surface area contributed by atoms with Crippen molar-refractivity contribution >= 4 is 5.91 Å². The van der Waals surface area contributed by atoms with Crippen LogP contribution in [-0.4, -0.2) is 51.7 Å². The number of alkyl halides is 3. The van der Waals surface area contributed by atoms with Gasteiger partial charge in [-0.05, 0) is 51.5 Å². The van der Waals surface area contributed by atoms with E-state index in [9.17, 15) is 22.8 Å². The van der Waals surface area contributed by atoms with Gasteiger partial charge in [0.2, 0.25) is 11.2 Å². The molecule has 11 heteroatoms. The molecule has 0 bridgehead atoms. The van der Waals surface area contributed by atoms with E-state index in [1.165, 1.54) is 24.5 Å². The predicted molar refractivity (Wildman–Crippen MR) is 134 cm³/mol. The van der Waals surface area contributed by atoms with Gasteiger partial charge in [0.15, 0.2) is 0 Å². The first-order valence-electron chi connectivity index (χ1n) is 12.3. The van der Waals surface area contributed by atoms with E-state index in [0.717, 1.165) is 17.8 Å². The van der Waals surface area contributed by atoms with Gasteiger partial charge in [0.05, 0.1) is 23.3 Å². The molecule has 1 fully saturated rings. The second kappa shape index (κ2) is 10.6. The highest BCUT2D eigenvalue weighted by atomic mass is 19.4. The summed E-state index contributed by atoms with van der Waals surface area (Å²) in [5.74, 6) is 0.383. The molecule has 2 aromatic heterocycles. The molecule has 0 atom stereocenters. The van der Waals surface area contributed by atoms with Crippen LogP contribution in [0.1, 0.15) is 53.8 Å². The Morgan fingerprint density at radius 1 is 1.05 bits per heavy atom. The summed E-state index contributed by atoms with van der Waals surface area (Å²) in [7, 11) is 0. The molecule has 3 aromatic rings. The summed E-state index contributed by atoms with van der Waals surface area (Å²) in [6.45, 7) is 10.5. The fourth-order valence-corrected chi connectivity index (χ4v) is 4.23. The monoisotopic (exact) mass is 532 g/mol. The fourth-order valence-electron chi connectivity index (χ4n) is 4.23. The number of halogens is 3. The van der Waals surface area contributed by atoms with Crippen LogP contribution in [0, 0.1) is 6.92 Å². The van der Waals surface area contributed by atoms with Crippen LogP contribution < -0.4 is 10.2 Å². The van der Waals surface area contributed by atoms with Crippen molar-refractivity contribution in [3.05, 3.63) is 81.2 Å². The third-order valence-electron chi connectivity index (χ3n) is 6.25. The largest absolute Gasteiger partial charge is 0.482 e. The van der Waals surface area contributed by atoms with E-state index >= 15 is 0 Å². The molecule has 38 heavy (non-hydrogen) atoms. The van der Waals surface area contributed by atoms with Crippen molar-refractivity contribution < 1.29 is 27.1 Å². The van der Waals surface area contributed by atoms with Gasteiger partial charge in [-0.15, -0.1) is 0 Å². The zero-order valence-corrected chi connectivity index (χ0v) is 21.8. The van der Waals surface area contributed by atoms with Gasteiger partial charge in [0.25, 0.3) is 5.91 Å². The number of aromatic nitrogens is 2. The number of carbonyl (C=O) groups excluding carboxylic acids is 1. The molecule has 1 aliphatic rings. The van der Waals surface area contributed by atoms with Crippen LogP contribution in [0.5, 0.6) is 5.75 Å². The number of benzene rings is 1. The molecule has 204 valence electrons. The number of amides is 1. The number of rotatable bonds is 6. The topological polar surface area (TPSA) is 80.8 Å². The van der Waals surface area contributed by atoms with E-state index in [-0.39, 0.29) is 29.2 Å². The molecule has 1 amide bonds. The Labute approximate surface area is 218 Å². The Balaban J connectivity index is 1.30. The van der Waals surface area contributed by atoms with Gasteiger partial charge in [-0.3, -0.25) is 19.2 Å². The van der Waals surface area contributed by atoms with Crippen LogP contribution in [0.15, 0.2) is 51.9 Å². The molecule has 4 rings (SSSR count). The van der Waals surface area contributed by atoms with E-state index < -0.39 is 11.7 Å². The highest BCUT2D eigenvalue weighted by Crippen LogP contribution is 2.29. The standard InChI is InChI=1S/C27H31F3N4O4/c1-18-13-22(34(31-18)26(2,3)4)25(36)33-11-9-32(10-12-33)15-21-14-23(35)24(17-37-21)38-16-19-5-7-20(8-6-19)27(28,29)30/h5-8,13-14,17H,9-12,15-16H2,1-4H3. The lowest BCUT2D eigenvalue weighted by Crippen LogP contribution is -2.49. The molecule has 0 N–H and O–H groups in total. The molecule has 0 unspecified atom stereocenters. The van der Waals surface area contributed by atoms with Gasteiger partial charge < -0.3 is 14.1 Å². The minimum atomic E-state index is -4.41. The van der Waals surface area contributed by atoms with Gasteiger partial charge >= 0.3 is 6.18 Å².